The summed E-state index contributed by atoms with van der Waals surface area (Å²) in [5, 5.41) is 1.95. The molecule has 0 N–H and O–H groups in total. The number of hydrogen-bond acceptors (Lipinski definition) is 5. The number of para-hydroxylation sites is 1. The van der Waals surface area contributed by atoms with Crippen LogP contribution in [0, 0.1) is 0 Å². The van der Waals surface area contributed by atoms with Crippen LogP contribution in [0.25, 0.3) is 16.8 Å². The van der Waals surface area contributed by atoms with Crippen LogP contribution in [-0.2, 0) is 11.3 Å². The van der Waals surface area contributed by atoms with Crippen LogP contribution in [0.3, 0.4) is 0 Å². The summed E-state index contributed by atoms with van der Waals surface area (Å²) in [7, 11) is 0. The number of esters is 1. The molecular formula is C28H18ClNO4S. The van der Waals surface area contributed by atoms with E-state index in [2.05, 4.69) is 0 Å². The molecule has 0 unspecified atom stereocenters. The average Bonchev–Trinajstić information content (AvgIpc) is 3.13. The number of benzene rings is 4. The summed E-state index contributed by atoms with van der Waals surface area (Å²) in [5.74, 6) is -0.599. The molecule has 7 heteroatoms. The second kappa shape index (κ2) is 9.78. The Morgan fingerprint density at radius 1 is 0.886 bits per heavy atom. The molecule has 5 nitrogen and oxygen atoms in total. The largest absolute Gasteiger partial charge is 0.422 e. The summed E-state index contributed by atoms with van der Waals surface area (Å²) in [4.78, 5) is 40.0. The Labute approximate surface area is 211 Å². The number of amides is 2. The molecular weight excluding hydrogens is 482 g/mol. The van der Waals surface area contributed by atoms with Crippen molar-refractivity contribution in [2.45, 2.75) is 6.54 Å². The SMILES string of the molecule is O=C(Oc1ccccc1/C=C1\SC(=O)N(Cc2ccc(Cl)cc2)C1=O)c1cccc2ccccc12. The van der Waals surface area contributed by atoms with Crippen molar-refractivity contribution in [3.05, 3.63) is 118 Å². The fourth-order valence-corrected chi connectivity index (χ4v) is 4.76. The van der Waals surface area contributed by atoms with Gasteiger partial charge in [-0.15, -0.1) is 0 Å². The molecule has 1 aliphatic heterocycles. The summed E-state index contributed by atoms with van der Waals surface area (Å²) in [6.07, 6.45) is 1.58. The number of halogens is 1. The Bertz CT molecular complexity index is 1490. The van der Waals surface area contributed by atoms with E-state index < -0.39 is 11.9 Å². The summed E-state index contributed by atoms with van der Waals surface area (Å²) < 4.78 is 5.73. The van der Waals surface area contributed by atoms with Crippen LogP contribution in [-0.4, -0.2) is 22.0 Å². The first kappa shape index (κ1) is 22.9. The molecule has 1 saturated heterocycles. The molecule has 0 atom stereocenters. The second-order valence-corrected chi connectivity index (χ2v) is 9.28. The number of fused-ring (bicyclic) bond motifs is 1. The molecule has 4 aromatic rings. The van der Waals surface area contributed by atoms with Gasteiger partial charge in [0, 0.05) is 10.6 Å². The molecule has 0 saturated carbocycles. The zero-order valence-electron chi connectivity index (χ0n) is 18.3. The number of carbonyl (C=O) groups excluding carboxylic acids is 3. The van der Waals surface area contributed by atoms with Gasteiger partial charge in [-0.3, -0.25) is 14.5 Å². The molecule has 172 valence electrons. The number of imide groups is 1. The van der Waals surface area contributed by atoms with Crippen molar-refractivity contribution >= 4 is 57.3 Å². The molecule has 0 radical (unpaired) electrons. The number of hydrogen-bond donors (Lipinski definition) is 0. The summed E-state index contributed by atoms with van der Waals surface area (Å²) in [5.41, 5.74) is 1.77. The smallest absolute Gasteiger partial charge is 0.344 e. The predicted molar refractivity (Wildman–Crippen MR) is 138 cm³/mol. The van der Waals surface area contributed by atoms with Gasteiger partial charge < -0.3 is 4.74 Å². The van der Waals surface area contributed by atoms with Crippen LogP contribution in [0.2, 0.25) is 5.02 Å². The Morgan fingerprint density at radius 2 is 1.60 bits per heavy atom. The van der Waals surface area contributed by atoms with Crippen molar-refractivity contribution in [3.63, 3.8) is 0 Å². The standard InChI is InChI=1S/C28H18ClNO4S/c29-21-14-12-18(13-15-21)17-30-26(31)25(35-28(30)33)16-20-7-2-4-11-24(20)34-27(32)23-10-5-8-19-6-1-3-9-22(19)23/h1-16H,17H2/b25-16-. The van der Waals surface area contributed by atoms with Gasteiger partial charge in [0.05, 0.1) is 17.0 Å². The molecule has 1 fully saturated rings. The van der Waals surface area contributed by atoms with E-state index in [-0.39, 0.29) is 16.7 Å². The third-order valence-electron chi connectivity index (χ3n) is 5.55. The lowest BCUT2D eigenvalue weighted by Gasteiger charge is -2.12. The molecule has 1 heterocycles. The highest BCUT2D eigenvalue weighted by Crippen LogP contribution is 2.35. The summed E-state index contributed by atoms with van der Waals surface area (Å²) in [6.45, 7) is 0.150. The van der Waals surface area contributed by atoms with Crippen LogP contribution in [0.15, 0.2) is 95.9 Å². The number of thioether (sulfide) groups is 1. The molecule has 0 aromatic heterocycles. The van der Waals surface area contributed by atoms with Crippen molar-refractivity contribution < 1.29 is 19.1 Å². The third kappa shape index (κ3) is 4.85. The highest BCUT2D eigenvalue weighted by Gasteiger charge is 2.35. The van der Waals surface area contributed by atoms with Crippen molar-refractivity contribution in [3.8, 4) is 5.75 Å². The average molecular weight is 500 g/mol. The van der Waals surface area contributed by atoms with E-state index >= 15 is 0 Å². The van der Waals surface area contributed by atoms with Crippen molar-refractivity contribution in [1.82, 2.24) is 4.90 Å². The monoisotopic (exact) mass is 499 g/mol. The maximum atomic E-state index is 13.0. The molecule has 0 aliphatic carbocycles. The van der Waals surface area contributed by atoms with E-state index in [1.165, 1.54) is 4.90 Å². The van der Waals surface area contributed by atoms with Crippen LogP contribution in [0.4, 0.5) is 4.79 Å². The van der Waals surface area contributed by atoms with Crippen molar-refractivity contribution in [2.75, 3.05) is 0 Å². The maximum absolute atomic E-state index is 13.0. The van der Waals surface area contributed by atoms with E-state index in [9.17, 15) is 14.4 Å². The Hall–Kier alpha value is -3.87. The van der Waals surface area contributed by atoms with Gasteiger partial charge in [0.15, 0.2) is 0 Å². The lowest BCUT2D eigenvalue weighted by molar-refractivity contribution is -0.123. The number of rotatable bonds is 5. The lowest BCUT2D eigenvalue weighted by Crippen LogP contribution is -2.27. The van der Waals surface area contributed by atoms with Gasteiger partial charge in [0.25, 0.3) is 11.1 Å². The normalized spacial score (nSPS) is 14.7. The lowest BCUT2D eigenvalue weighted by atomic mass is 10.0. The number of carbonyl (C=O) groups is 3. The maximum Gasteiger partial charge on any atom is 0.344 e. The Balaban J connectivity index is 1.39. The molecule has 5 rings (SSSR count). The van der Waals surface area contributed by atoms with Gasteiger partial charge >= 0.3 is 5.97 Å². The van der Waals surface area contributed by atoms with Crippen LogP contribution in [0.1, 0.15) is 21.5 Å². The number of nitrogens with zero attached hydrogens (tertiary/aromatic N) is 1. The minimum atomic E-state index is -0.501. The van der Waals surface area contributed by atoms with Gasteiger partial charge in [-0.1, -0.05) is 78.3 Å². The van der Waals surface area contributed by atoms with E-state index in [1.54, 1.807) is 60.7 Å². The molecule has 4 aromatic carbocycles. The number of ether oxygens (including phenoxy) is 1. The fraction of sp³-hybridized carbons (Fsp3) is 0.0357. The highest BCUT2D eigenvalue weighted by molar-refractivity contribution is 8.18. The Kier molecular flexibility index (Phi) is 6.40. The molecule has 0 bridgehead atoms. The molecule has 35 heavy (non-hydrogen) atoms. The predicted octanol–water partition coefficient (Wildman–Crippen LogP) is 6.95. The van der Waals surface area contributed by atoms with E-state index in [4.69, 9.17) is 16.3 Å². The third-order valence-corrected chi connectivity index (χ3v) is 6.70. The van der Waals surface area contributed by atoms with Crippen LogP contribution < -0.4 is 4.74 Å². The minimum absolute atomic E-state index is 0.150. The first-order valence-electron chi connectivity index (χ1n) is 10.8. The quantitative estimate of drug-likeness (QED) is 0.169. The van der Waals surface area contributed by atoms with E-state index in [0.29, 0.717) is 21.9 Å². The minimum Gasteiger partial charge on any atom is -0.422 e. The highest BCUT2D eigenvalue weighted by atomic mass is 35.5. The zero-order valence-corrected chi connectivity index (χ0v) is 19.9. The van der Waals surface area contributed by atoms with Gasteiger partial charge in [0.2, 0.25) is 0 Å². The summed E-state index contributed by atoms with van der Waals surface area (Å²) in [6, 6.07) is 26.9. The first-order chi connectivity index (χ1) is 17.0. The fourth-order valence-electron chi connectivity index (χ4n) is 3.80. The van der Waals surface area contributed by atoms with E-state index in [1.807, 2.05) is 36.4 Å². The van der Waals surface area contributed by atoms with E-state index in [0.717, 1.165) is 28.1 Å². The zero-order chi connectivity index (χ0) is 24.4. The molecule has 0 spiro atoms. The van der Waals surface area contributed by atoms with Crippen LogP contribution in [0.5, 0.6) is 5.75 Å². The molecule has 1 aliphatic rings. The van der Waals surface area contributed by atoms with Crippen molar-refractivity contribution in [1.29, 1.82) is 0 Å². The topological polar surface area (TPSA) is 63.7 Å². The van der Waals surface area contributed by atoms with Crippen LogP contribution >= 0.6 is 23.4 Å². The first-order valence-corrected chi connectivity index (χ1v) is 12.0. The Morgan fingerprint density at radius 3 is 2.43 bits per heavy atom. The van der Waals surface area contributed by atoms with Gasteiger partial charge in [-0.05, 0) is 58.4 Å². The second-order valence-electron chi connectivity index (χ2n) is 7.85. The van der Waals surface area contributed by atoms with Gasteiger partial charge in [-0.25, -0.2) is 4.79 Å². The molecule has 2 amide bonds. The summed E-state index contributed by atoms with van der Waals surface area (Å²) >= 11 is 6.78. The van der Waals surface area contributed by atoms with Crippen molar-refractivity contribution in [2.24, 2.45) is 0 Å². The van der Waals surface area contributed by atoms with Gasteiger partial charge in [-0.2, -0.15) is 0 Å². The van der Waals surface area contributed by atoms with Gasteiger partial charge in [0.1, 0.15) is 5.75 Å².